The number of carbonyl (C=O) groups excluding carboxylic acids is 1. The predicted molar refractivity (Wildman–Crippen MR) is 97.4 cm³/mol. The van der Waals surface area contributed by atoms with Crippen molar-refractivity contribution in [3.63, 3.8) is 0 Å². The molecule has 0 aromatic heterocycles. The third-order valence-electron chi connectivity index (χ3n) is 3.59. The SMILES string of the molecule is COC(=O)Oc1cccc(CS)c1COc1cc(Cl)c(C)cc1C. The second-order valence-electron chi connectivity index (χ2n) is 5.26. The molecule has 128 valence electrons. The van der Waals surface area contributed by atoms with Crippen molar-refractivity contribution in [2.75, 3.05) is 7.11 Å². The molecule has 2 rings (SSSR count). The van der Waals surface area contributed by atoms with Gasteiger partial charge in [-0.2, -0.15) is 12.6 Å². The molecule has 0 N–H and O–H groups in total. The second-order valence-corrected chi connectivity index (χ2v) is 5.99. The van der Waals surface area contributed by atoms with E-state index in [4.69, 9.17) is 21.1 Å². The number of benzene rings is 2. The van der Waals surface area contributed by atoms with Crippen LogP contribution in [0.25, 0.3) is 0 Å². The Morgan fingerprint density at radius 2 is 1.92 bits per heavy atom. The van der Waals surface area contributed by atoms with Gasteiger partial charge in [0, 0.05) is 16.3 Å². The molecule has 0 unspecified atom stereocenters. The Hall–Kier alpha value is -1.85. The molecule has 0 heterocycles. The monoisotopic (exact) mass is 366 g/mol. The summed E-state index contributed by atoms with van der Waals surface area (Å²) in [6.07, 6.45) is -0.776. The molecule has 2 aromatic carbocycles. The lowest BCUT2D eigenvalue weighted by Gasteiger charge is -2.16. The Balaban J connectivity index is 2.28. The minimum absolute atomic E-state index is 0.225. The van der Waals surface area contributed by atoms with Crippen molar-refractivity contribution >= 4 is 30.4 Å². The van der Waals surface area contributed by atoms with Crippen LogP contribution in [0.1, 0.15) is 22.3 Å². The van der Waals surface area contributed by atoms with Gasteiger partial charge in [-0.15, -0.1) is 0 Å². The third kappa shape index (κ3) is 4.36. The van der Waals surface area contributed by atoms with Crippen LogP contribution in [0.4, 0.5) is 4.79 Å². The highest BCUT2D eigenvalue weighted by Crippen LogP contribution is 2.30. The summed E-state index contributed by atoms with van der Waals surface area (Å²) in [7, 11) is 1.26. The van der Waals surface area contributed by atoms with E-state index in [1.165, 1.54) is 7.11 Å². The fourth-order valence-electron chi connectivity index (χ4n) is 2.26. The van der Waals surface area contributed by atoms with E-state index in [0.29, 0.717) is 22.3 Å². The quantitative estimate of drug-likeness (QED) is 0.453. The molecular formula is C18H19ClO4S. The smallest absolute Gasteiger partial charge is 0.488 e. The minimum Gasteiger partial charge on any atom is -0.488 e. The van der Waals surface area contributed by atoms with Crippen LogP contribution in [0.15, 0.2) is 30.3 Å². The van der Waals surface area contributed by atoms with E-state index in [1.807, 2.05) is 26.0 Å². The van der Waals surface area contributed by atoms with E-state index >= 15 is 0 Å². The van der Waals surface area contributed by atoms with Gasteiger partial charge in [0.05, 0.1) is 7.11 Å². The van der Waals surface area contributed by atoms with Crippen molar-refractivity contribution in [1.29, 1.82) is 0 Å². The number of hydrogen-bond acceptors (Lipinski definition) is 5. The lowest BCUT2D eigenvalue weighted by Crippen LogP contribution is -2.11. The number of thiol groups is 1. The molecule has 0 saturated heterocycles. The minimum atomic E-state index is -0.776. The molecule has 2 aromatic rings. The highest BCUT2D eigenvalue weighted by molar-refractivity contribution is 7.79. The molecule has 0 aliphatic rings. The maximum atomic E-state index is 11.4. The Morgan fingerprint density at radius 1 is 1.17 bits per heavy atom. The van der Waals surface area contributed by atoms with E-state index < -0.39 is 6.16 Å². The molecule has 4 nitrogen and oxygen atoms in total. The molecule has 24 heavy (non-hydrogen) atoms. The van der Waals surface area contributed by atoms with Gasteiger partial charge in [-0.25, -0.2) is 4.79 Å². The van der Waals surface area contributed by atoms with Gasteiger partial charge in [-0.3, -0.25) is 0 Å². The molecule has 0 radical (unpaired) electrons. The van der Waals surface area contributed by atoms with Gasteiger partial charge < -0.3 is 14.2 Å². The fourth-order valence-corrected chi connectivity index (χ4v) is 2.71. The third-order valence-corrected chi connectivity index (χ3v) is 4.34. The second kappa shape index (κ2) is 8.31. The van der Waals surface area contributed by atoms with Crippen molar-refractivity contribution in [3.8, 4) is 11.5 Å². The summed E-state index contributed by atoms with van der Waals surface area (Å²) in [5.74, 6) is 1.57. The number of aryl methyl sites for hydroxylation is 2. The highest BCUT2D eigenvalue weighted by Gasteiger charge is 2.14. The molecular weight excluding hydrogens is 348 g/mol. The predicted octanol–water partition coefficient (Wildman–Crippen LogP) is 5.11. The van der Waals surface area contributed by atoms with Crippen LogP contribution >= 0.6 is 24.2 Å². The summed E-state index contributed by atoms with van der Waals surface area (Å²) in [5, 5.41) is 0.643. The molecule has 0 aliphatic carbocycles. The zero-order chi connectivity index (χ0) is 17.7. The fraction of sp³-hybridized carbons (Fsp3) is 0.278. The van der Waals surface area contributed by atoms with Gasteiger partial charge in [0.25, 0.3) is 0 Å². The number of hydrogen-bond donors (Lipinski definition) is 1. The number of rotatable bonds is 5. The van der Waals surface area contributed by atoms with Crippen LogP contribution in [0, 0.1) is 13.8 Å². The van der Waals surface area contributed by atoms with Gasteiger partial charge in [0.15, 0.2) is 0 Å². The molecule has 0 atom stereocenters. The van der Waals surface area contributed by atoms with Crippen LogP contribution < -0.4 is 9.47 Å². The number of halogens is 1. The normalized spacial score (nSPS) is 10.4. The van der Waals surface area contributed by atoms with E-state index in [1.54, 1.807) is 18.2 Å². The first-order valence-corrected chi connectivity index (χ1v) is 8.34. The van der Waals surface area contributed by atoms with Gasteiger partial charge in [-0.1, -0.05) is 29.8 Å². The summed E-state index contributed by atoms with van der Waals surface area (Å²) in [5.41, 5.74) is 3.63. The van der Waals surface area contributed by atoms with E-state index in [2.05, 4.69) is 17.4 Å². The van der Waals surface area contributed by atoms with Crippen LogP contribution in [0.5, 0.6) is 11.5 Å². The molecule has 0 bridgehead atoms. The summed E-state index contributed by atoms with van der Waals surface area (Å²) in [6.45, 7) is 4.12. The van der Waals surface area contributed by atoms with E-state index in [0.717, 1.165) is 22.3 Å². The zero-order valence-electron chi connectivity index (χ0n) is 13.8. The van der Waals surface area contributed by atoms with Crippen LogP contribution in [0.3, 0.4) is 0 Å². The topological polar surface area (TPSA) is 44.8 Å². The van der Waals surface area contributed by atoms with Gasteiger partial charge in [0.2, 0.25) is 0 Å². The standard InChI is InChI=1S/C18H19ClO4S/c1-11-7-12(2)17(8-15(11)19)22-9-14-13(10-24)5-4-6-16(14)23-18(20)21-3/h4-8,24H,9-10H2,1-3H3. The first-order chi connectivity index (χ1) is 11.5. The van der Waals surface area contributed by atoms with Crippen LogP contribution in [0.2, 0.25) is 5.02 Å². The van der Waals surface area contributed by atoms with Gasteiger partial charge >= 0.3 is 6.16 Å². The number of ether oxygens (including phenoxy) is 3. The molecule has 0 aliphatic heterocycles. The average molecular weight is 367 g/mol. The van der Waals surface area contributed by atoms with Crippen LogP contribution in [-0.2, 0) is 17.1 Å². The Morgan fingerprint density at radius 3 is 2.58 bits per heavy atom. The van der Waals surface area contributed by atoms with Crippen molar-refractivity contribution < 1.29 is 19.0 Å². The molecule has 0 amide bonds. The maximum Gasteiger partial charge on any atom is 0.513 e. The van der Waals surface area contributed by atoms with E-state index in [9.17, 15) is 4.79 Å². The first kappa shape index (κ1) is 18.5. The van der Waals surface area contributed by atoms with Crippen LogP contribution in [-0.4, -0.2) is 13.3 Å². The average Bonchev–Trinajstić information content (AvgIpc) is 2.57. The lowest BCUT2D eigenvalue weighted by molar-refractivity contribution is 0.120. The molecule has 0 saturated carbocycles. The number of methoxy groups -OCH3 is 1. The first-order valence-electron chi connectivity index (χ1n) is 7.33. The molecule has 6 heteroatoms. The lowest BCUT2D eigenvalue weighted by atomic mass is 10.1. The summed E-state index contributed by atoms with van der Waals surface area (Å²) in [6, 6.07) is 9.15. The van der Waals surface area contributed by atoms with Gasteiger partial charge in [-0.05, 0) is 42.7 Å². The zero-order valence-corrected chi connectivity index (χ0v) is 15.4. The Bertz CT molecular complexity index is 746. The molecule has 0 spiro atoms. The Labute approximate surface area is 152 Å². The summed E-state index contributed by atoms with van der Waals surface area (Å²) in [4.78, 5) is 11.4. The largest absolute Gasteiger partial charge is 0.513 e. The van der Waals surface area contributed by atoms with Crippen molar-refractivity contribution in [2.24, 2.45) is 0 Å². The highest BCUT2D eigenvalue weighted by atomic mass is 35.5. The van der Waals surface area contributed by atoms with Gasteiger partial charge in [0.1, 0.15) is 18.1 Å². The summed E-state index contributed by atoms with van der Waals surface area (Å²) >= 11 is 10.5. The van der Waals surface area contributed by atoms with Crippen molar-refractivity contribution in [1.82, 2.24) is 0 Å². The van der Waals surface area contributed by atoms with Crippen molar-refractivity contribution in [3.05, 3.63) is 57.6 Å². The van der Waals surface area contributed by atoms with E-state index in [-0.39, 0.29) is 6.61 Å². The maximum absolute atomic E-state index is 11.4. The Kier molecular flexibility index (Phi) is 6.40. The van der Waals surface area contributed by atoms with Crippen molar-refractivity contribution in [2.45, 2.75) is 26.2 Å². The number of carbonyl (C=O) groups is 1. The summed E-state index contributed by atoms with van der Waals surface area (Å²) < 4.78 is 15.7. The molecule has 0 fully saturated rings.